The van der Waals surface area contributed by atoms with E-state index in [0.717, 1.165) is 30.0 Å². The maximum absolute atomic E-state index is 12.3. The van der Waals surface area contributed by atoms with Crippen LogP contribution in [0.15, 0.2) is 42.7 Å². The Labute approximate surface area is 148 Å². The maximum atomic E-state index is 12.3. The lowest BCUT2D eigenvalue weighted by Crippen LogP contribution is -2.45. The van der Waals surface area contributed by atoms with Gasteiger partial charge in [-0.25, -0.2) is 4.98 Å². The fourth-order valence-electron chi connectivity index (χ4n) is 2.93. The highest BCUT2D eigenvalue weighted by Crippen LogP contribution is 2.28. The van der Waals surface area contributed by atoms with Crippen LogP contribution in [-0.2, 0) is 10.2 Å². The summed E-state index contributed by atoms with van der Waals surface area (Å²) < 4.78 is 27.5. The number of anilines is 2. The van der Waals surface area contributed by atoms with Crippen LogP contribution in [0.2, 0.25) is 0 Å². The quantitative estimate of drug-likeness (QED) is 0.883. The Morgan fingerprint density at radius 1 is 1.20 bits per heavy atom. The predicted octanol–water partition coefficient (Wildman–Crippen LogP) is 2.21. The van der Waals surface area contributed by atoms with E-state index < -0.39 is 10.2 Å². The van der Waals surface area contributed by atoms with Gasteiger partial charge in [-0.3, -0.25) is 4.98 Å². The zero-order valence-electron chi connectivity index (χ0n) is 14.5. The number of nitrogens with zero attached hydrogens (tertiary/aromatic N) is 4. The monoisotopic (exact) mass is 361 g/mol. The summed E-state index contributed by atoms with van der Waals surface area (Å²) in [7, 11) is -0.242. The Hall–Kier alpha value is -2.03. The number of pyridine rings is 2. The third-order valence-electron chi connectivity index (χ3n) is 4.31. The molecule has 1 atom stereocenters. The van der Waals surface area contributed by atoms with Gasteiger partial charge in [-0.05, 0) is 37.1 Å². The molecule has 7 nitrogen and oxygen atoms in total. The Morgan fingerprint density at radius 3 is 2.68 bits per heavy atom. The summed E-state index contributed by atoms with van der Waals surface area (Å²) in [5.74, 6) is 0.880. The lowest BCUT2D eigenvalue weighted by atomic mass is 9.95. The molecule has 25 heavy (non-hydrogen) atoms. The molecule has 1 aliphatic rings. The van der Waals surface area contributed by atoms with E-state index in [4.69, 9.17) is 0 Å². The van der Waals surface area contributed by atoms with Crippen molar-refractivity contribution in [1.82, 2.24) is 18.6 Å². The van der Waals surface area contributed by atoms with Gasteiger partial charge in [-0.2, -0.15) is 17.0 Å². The number of rotatable bonds is 5. The van der Waals surface area contributed by atoms with Crippen LogP contribution >= 0.6 is 0 Å². The van der Waals surface area contributed by atoms with Crippen molar-refractivity contribution >= 4 is 21.7 Å². The average Bonchev–Trinajstić information content (AvgIpc) is 2.63. The van der Waals surface area contributed by atoms with E-state index in [1.807, 2.05) is 30.3 Å². The highest BCUT2D eigenvalue weighted by Gasteiger charge is 2.31. The van der Waals surface area contributed by atoms with E-state index >= 15 is 0 Å². The molecule has 1 unspecified atom stereocenters. The van der Waals surface area contributed by atoms with Gasteiger partial charge in [0.15, 0.2) is 0 Å². The fraction of sp³-hybridized carbons (Fsp3) is 0.412. The molecule has 2 aromatic heterocycles. The van der Waals surface area contributed by atoms with Gasteiger partial charge >= 0.3 is 0 Å². The van der Waals surface area contributed by atoms with Crippen LogP contribution in [-0.4, -0.2) is 54.2 Å². The lowest BCUT2D eigenvalue weighted by Gasteiger charge is -2.33. The van der Waals surface area contributed by atoms with Gasteiger partial charge in [-0.15, -0.1) is 0 Å². The Morgan fingerprint density at radius 2 is 2.04 bits per heavy atom. The first-order chi connectivity index (χ1) is 12.0. The van der Waals surface area contributed by atoms with Crippen molar-refractivity contribution < 1.29 is 8.42 Å². The van der Waals surface area contributed by atoms with Crippen LogP contribution in [0, 0.1) is 0 Å². The van der Waals surface area contributed by atoms with Crippen LogP contribution in [0.5, 0.6) is 0 Å². The van der Waals surface area contributed by atoms with Gasteiger partial charge in [0, 0.05) is 45.0 Å². The van der Waals surface area contributed by atoms with Gasteiger partial charge in [0.2, 0.25) is 0 Å². The lowest BCUT2D eigenvalue weighted by molar-refractivity contribution is 0.296. The van der Waals surface area contributed by atoms with Crippen molar-refractivity contribution in [3.05, 3.63) is 48.4 Å². The van der Waals surface area contributed by atoms with E-state index in [9.17, 15) is 8.42 Å². The molecule has 1 saturated heterocycles. The Balaban J connectivity index is 1.69. The summed E-state index contributed by atoms with van der Waals surface area (Å²) in [6.07, 6.45) is 5.28. The van der Waals surface area contributed by atoms with Crippen molar-refractivity contribution in [2.75, 3.05) is 32.5 Å². The van der Waals surface area contributed by atoms with Crippen LogP contribution in [0.3, 0.4) is 0 Å². The highest BCUT2D eigenvalue weighted by molar-refractivity contribution is 7.86. The summed E-state index contributed by atoms with van der Waals surface area (Å²) in [6.45, 7) is 1.04. The molecule has 3 heterocycles. The smallest absolute Gasteiger partial charge is 0.281 e. The number of aromatic nitrogens is 2. The van der Waals surface area contributed by atoms with E-state index in [1.165, 1.54) is 4.31 Å². The van der Waals surface area contributed by atoms with E-state index in [1.54, 1.807) is 30.8 Å². The van der Waals surface area contributed by atoms with Gasteiger partial charge in [0.05, 0.1) is 11.9 Å². The molecule has 1 fully saturated rings. The van der Waals surface area contributed by atoms with E-state index in [2.05, 4.69) is 15.3 Å². The molecule has 0 aliphatic carbocycles. The number of piperidine rings is 1. The molecule has 2 aromatic rings. The normalized spacial score (nSPS) is 19.1. The summed E-state index contributed by atoms with van der Waals surface area (Å²) in [4.78, 5) is 8.76. The van der Waals surface area contributed by atoms with Gasteiger partial charge < -0.3 is 5.32 Å². The molecule has 0 amide bonds. The van der Waals surface area contributed by atoms with Crippen molar-refractivity contribution in [2.45, 2.75) is 18.8 Å². The Kier molecular flexibility index (Phi) is 5.31. The first-order valence-electron chi connectivity index (χ1n) is 8.28. The third-order valence-corrected chi connectivity index (χ3v) is 6.22. The van der Waals surface area contributed by atoms with Crippen LogP contribution in [0.4, 0.5) is 11.5 Å². The summed E-state index contributed by atoms with van der Waals surface area (Å²) in [5, 5.41) is 3.20. The topological polar surface area (TPSA) is 78.4 Å². The molecule has 0 spiro atoms. The number of nitrogens with one attached hydrogen (secondary N) is 1. The van der Waals surface area contributed by atoms with Crippen molar-refractivity contribution in [3.8, 4) is 0 Å². The first-order valence-corrected chi connectivity index (χ1v) is 9.68. The largest absolute Gasteiger partial charge is 0.339 e. The third kappa shape index (κ3) is 4.15. The predicted molar refractivity (Wildman–Crippen MR) is 97.9 cm³/mol. The van der Waals surface area contributed by atoms with E-state index in [0.29, 0.717) is 13.1 Å². The molecular weight excluding hydrogens is 338 g/mol. The molecule has 0 aromatic carbocycles. The van der Waals surface area contributed by atoms with Gasteiger partial charge in [0.25, 0.3) is 10.2 Å². The second kappa shape index (κ2) is 7.47. The minimum Gasteiger partial charge on any atom is -0.339 e. The molecule has 0 radical (unpaired) electrons. The molecule has 0 saturated carbocycles. The molecule has 3 rings (SSSR count). The number of hydrogen-bond donors (Lipinski definition) is 1. The first kappa shape index (κ1) is 17.8. The van der Waals surface area contributed by atoms with Crippen molar-refractivity contribution in [1.29, 1.82) is 0 Å². The summed E-state index contributed by atoms with van der Waals surface area (Å²) in [6, 6.07) is 9.58. The fourth-order valence-corrected chi connectivity index (χ4v) is 4.12. The van der Waals surface area contributed by atoms with Crippen molar-refractivity contribution in [3.63, 3.8) is 0 Å². The molecule has 0 bridgehead atoms. The van der Waals surface area contributed by atoms with Gasteiger partial charge in [-0.1, -0.05) is 6.07 Å². The minimum atomic E-state index is -3.37. The average molecular weight is 361 g/mol. The maximum Gasteiger partial charge on any atom is 0.281 e. The minimum absolute atomic E-state index is 0.118. The Bertz CT molecular complexity index is 794. The summed E-state index contributed by atoms with van der Waals surface area (Å²) >= 11 is 0. The standard InChI is InChI=1S/C17H23N5O2S/c1-21(2)25(23,24)22-11-5-6-14(13-22)16-9-8-15(12-19-16)20-17-7-3-4-10-18-17/h3-4,7-10,12,14H,5-6,11,13H2,1-2H3,(H,18,20). The zero-order valence-corrected chi connectivity index (χ0v) is 15.3. The van der Waals surface area contributed by atoms with Crippen LogP contribution in [0.1, 0.15) is 24.5 Å². The molecule has 134 valence electrons. The molecule has 1 aliphatic heterocycles. The number of hydrogen-bond acceptors (Lipinski definition) is 5. The van der Waals surface area contributed by atoms with Gasteiger partial charge in [0.1, 0.15) is 5.82 Å². The molecule has 8 heteroatoms. The SMILES string of the molecule is CN(C)S(=O)(=O)N1CCCC(c2ccc(Nc3ccccn3)cn2)C1. The molecule has 1 N–H and O–H groups in total. The van der Waals surface area contributed by atoms with Crippen molar-refractivity contribution in [2.24, 2.45) is 0 Å². The second-order valence-electron chi connectivity index (χ2n) is 6.30. The zero-order chi connectivity index (χ0) is 17.9. The molecular formula is C17H23N5O2S. The van der Waals surface area contributed by atoms with E-state index in [-0.39, 0.29) is 5.92 Å². The summed E-state index contributed by atoms with van der Waals surface area (Å²) in [5.41, 5.74) is 1.78. The van der Waals surface area contributed by atoms with Crippen LogP contribution in [0.25, 0.3) is 0 Å². The highest BCUT2D eigenvalue weighted by atomic mass is 32.2. The second-order valence-corrected chi connectivity index (χ2v) is 8.44. The van der Waals surface area contributed by atoms with Crippen LogP contribution < -0.4 is 5.32 Å².